The molecule has 2 N–H and O–H groups in total. The number of hydrazine groups is 2. The summed E-state index contributed by atoms with van der Waals surface area (Å²) in [5, 5.41) is 8.12. The Morgan fingerprint density at radius 3 is 1.33 bits per heavy atom. The van der Waals surface area contributed by atoms with Crippen LogP contribution in [0.15, 0.2) is 36.4 Å². The molecular weight excluding hydrogens is 586 g/mol. The van der Waals surface area contributed by atoms with Gasteiger partial charge in [-0.1, -0.05) is 24.4 Å². The first-order valence-corrected chi connectivity index (χ1v) is 15.7. The van der Waals surface area contributed by atoms with Crippen LogP contribution in [0.5, 0.6) is 23.0 Å². The Bertz CT molecular complexity index is 1190. The highest BCUT2D eigenvalue weighted by Crippen LogP contribution is 2.58. The average Bonchev–Trinajstić information content (AvgIpc) is 2.95. The van der Waals surface area contributed by atoms with Crippen molar-refractivity contribution in [3.05, 3.63) is 47.5 Å². The predicted octanol–water partition coefficient (Wildman–Crippen LogP) is 4.28. The maximum Gasteiger partial charge on any atom is 0.297 e. The Labute approximate surface area is 239 Å². The van der Waals surface area contributed by atoms with E-state index < -0.39 is 20.9 Å². The fourth-order valence-electron chi connectivity index (χ4n) is 3.38. The Morgan fingerprint density at radius 1 is 0.692 bits per heavy atom. The number of hydrogen-bond donors (Lipinski definition) is 2. The number of rotatable bonds is 14. The zero-order chi connectivity index (χ0) is 29.4. The van der Waals surface area contributed by atoms with Crippen LogP contribution < -0.4 is 29.3 Å². The molecule has 0 amide bonds. The molecule has 0 spiro atoms. The van der Waals surface area contributed by atoms with E-state index in [1.54, 1.807) is 50.5 Å². The Morgan fingerprint density at radius 2 is 1.05 bits per heavy atom. The Balaban J connectivity index is 2.25. The van der Waals surface area contributed by atoms with Crippen molar-refractivity contribution in [1.82, 2.24) is 20.4 Å². The third-order valence-corrected chi connectivity index (χ3v) is 11.8. The smallest absolute Gasteiger partial charge is 0.297 e. The quantitative estimate of drug-likeness (QED) is 0.178. The van der Waals surface area contributed by atoms with Gasteiger partial charge in [-0.3, -0.25) is 19.1 Å². The van der Waals surface area contributed by atoms with Gasteiger partial charge in [-0.15, -0.1) is 0 Å². The van der Waals surface area contributed by atoms with Crippen LogP contribution in [0, 0.1) is 0 Å². The van der Waals surface area contributed by atoms with E-state index in [4.69, 9.17) is 52.4 Å². The van der Waals surface area contributed by atoms with Gasteiger partial charge in [0.15, 0.2) is 0 Å². The summed E-state index contributed by atoms with van der Waals surface area (Å²) in [5.74, 6) is 1.52. The second-order valence-electron chi connectivity index (χ2n) is 7.91. The SMILES string of the molecule is COc1ccc(OC)c(C(=S)N(C)NP(=O)(CP(=O)(NN(C)C(=S)c2cc(OC)ccc2OC)OC)OC)c1. The number of benzene rings is 2. The molecule has 2 aromatic carbocycles. The largest absolute Gasteiger partial charge is 0.497 e. The second-order valence-corrected chi connectivity index (χ2v) is 13.6. The van der Waals surface area contributed by atoms with E-state index in [2.05, 4.69) is 10.4 Å². The van der Waals surface area contributed by atoms with Gasteiger partial charge in [-0.2, -0.15) is 10.4 Å². The normalized spacial score (nSPS) is 13.9. The number of nitrogens with zero attached hydrogens (tertiary/aromatic N) is 2. The van der Waals surface area contributed by atoms with E-state index in [1.807, 2.05) is 0 Å². The standard InChI is InChI=1S/C23H34N4O8P2S2/c1-26(22(38)18-13-16(30-3)9-11-20(18)32-5)24-36(28,34-7)15-37(29,35-8)25-27(2)23(39)19-14-17(31-4)10-12-21(19)33-6/h9-14H,15H2,1-8H3,(H,24,28)(H,25,29). The Hall–Kier alpha value is -2.28. The summed E-state index contributed by atoms with van der Waals surface area (Å²) >= 11 is 11.2. The Kier molecular flexibility index (Phi) is 12.1. The molecule has 0 bridgehead atoms. The summed E-state index contributed by atoms with van der Waals surface area (Å²) < 4.78 is 59.4. The van der Waals surface area contributed by atoms with Gasteiger partial charge < -0.3 is 28.0 Å². The van der Waals surface area contributed by atoms with Crippen molar-refractivity contribution in [3.8, 4) is 23.0 Å². The van der Waals surface area contributed by atoms with E-state index >= 15 is 0 Å². The van der Waals surface area contributed by atoms with E-state index in [9.17, 15) is 9.13 Å². The number of methoxy groups -OCH3 is 4. The van der Waals surface area contributed by atoms with Gasteiger partial charge in [-0.25, -0.2) is 0 Å². The fourth-order valence-corrected chi connectivity index (χ4v) is 8.59. The van der Waals surface area contributed by atoms with E-state index in [-0.39, 0.29) is 9.98 Å². The molecule has 0 aromatic heterocycles. The molecule has 39 heavy (non-hydrogen) atoms. The van der Waals surface area contributed by atoms with E-state index in [1.165, 1.54) is 52.7 Å². The van der Waals surface area contributed by atoms with Gasteiger partial charge in [0.1, 0.15) is 38.9 Å². The van der Waals surface area contributed by atoms with Crippen LogP contribution in [-0.4, -0.2) is 82.7 Å². The summed E-state index contributed by atoms with van der Waals surface area (Å²) in [5.41, 5.74) is 1.02. The zero-order valence-electron chi connectivity index (χ0n) is 23.0. The van der Waals surface area contributed by atoms with Crippen molar-refractivity contribution in [2.24, 2.45) is 0 Å². The molecule has 0 radical (unpaired) electrons. The lowest BCUT2D eigenvalue weighted by Gasteiger charge is -2.31. The zero-order valence-corrected chi connectivity index (χ0v) is 26.5. The second kappa shape index (κ2) is 14.4. The lowest BCUT2D eigenvalue weighted by Crippen LogP contribution is -2.40. The number of hydrogen-bond acceptors (Lipinski definition) is 10. The molecule has 2 unspecified atom stereocenters. The summed E-state index contributed by atoms with van der Waals surface area (Å²) in [4.78, 5) is 0.457. The minimum atomic E-state index is -3.85. The molecule has 0 heterocycles. The van der Waals surface area contributed by atoms with Crippen LogP contribution in [0.4, 0.5) is 0 Å². The molecule has 216 valence electrons. The van der Waals surface area contributed by atoms with Crippen molar-refractivity contribution >= 4 is 49.5 Å². The van der Waals surface area contributed by atoms with Crippen molar-refractivity contribution in [2.45, 2.75) is 0 Å². The molecule has 0 saturated heterocycles. The molecule has 0 aliphatic carbocycles. The van der Waals surface area contributed by atoms with Gasteiger partial charge in [0, 0.05) is 28.3 Å². The minimum Gasteiger partial charge on any atom is -0.497 e. The van der Waals surface area contributed by atoms with Crippen molar-refractivity contribution in [1.29, 1.82) is 0 Å². The lowest BCUT2D eigenvalue weighted by atomic mass is 10.2. The van der Waals surface area contributed by atoms with Crippen LogP contribution in [0.25, 0.3) is 0 Å². The summed E-state index contributed by atoms with van der Waals surface area (Å²) in [6.45, 7) is 0. The van der Waals surface area contributed by atoms with Crippen LogP contribution >= 0.6 is 39.5 Å². The van der Waals surface area contributed by atoms with E-state index in [0.29, 0.717) is 34.1 Å². The molecule has 0 aliphatic heterocycles. The maximum atomic E-state index is 13.7. The number of ether oxygens (including phenoxy) is 4. The lowest BCUT2D eigenvalue weighted by molar-refractivity contribution is 0.330. The molecule has 2 aromatic rings. The molecule has 0 fully saturated rings. The van der Waals surface area contributed by atoms with Gasteiger partial charge in [0.2, 0.25) is 0 Å². The molecule has 0 saturated carbocycles. The van der Waals surface area contributed by atoms with Gasteiger partial charge in [-0.05, 0) is 36.4 Å². The molecule has 16 heteroatoms. The van der Waals surface area contributed by atoms with Gasteiger partial charge in [0.05, 0.1) is 39.6 Å². The molecular formula is C23H34N4O8P2S2. The molecule has 2 atom stereocenters. The number of nitrogens with one attached hydrogen (secondary N) is 2. The molecule has 12 nitrogen and oxygen atoms in total. The monoisotopic (exact) mass is 620 g/mol. The van der Waals surface area contributed by atoms with Crippen molar-refractivity contribution in [3.63, 3.8) is 0 Å². The number of thiocarbonyl (C=S) groups is 2. The van der Waals surface area contributed by atoms with E-state index in [0.717, 1.165) is 0 Å². The summed E-state index contributed by atoms with van der Waals surface area (Å²) in [7, 11) is 3.92. The third kappa shape index (κ3) is 8.36. The van der Waals surface area contributed by atoms with Crippen LogP contribution in [0.1, 0.15) is 11.1 Å². The van der Waals surface area contributed by atoms with Crippen molar-refractivity contribution < 1.29 is 37.1 Å². The van der Waals surface area contributed by atoms with Crippen LogP contribution in [0.3, 0.4) is 0 Å². The maximum absolute atomic E-state index is 13.7. The third-order valence-electron chi connectivity index (χ3n) is 5.45. The molecule has 2 rings (SSSR count). The highest BCUT2D eigenvalue weighted by atomic mass is 32.1. The van der Waals surface area contributed by atoms with Gasteiger partial charge >= 0.3 is 0 Å². The van der Waals surface area contributed by atoms with Crippen molar-refractivity contribution in [2.75, 3.05) is 62.7 Å². The molecule has 0 aliphatic rings. The van der Waals surface area contributed by atoms with Crippen LogP contribution in [-0.2, 0) is 18.2 Å². The highest BCUT2D eigenvalue weighted by Gasteiger charge is 2.38. The average molecular weight is 621 g/mol. The highest BCUT2D eigenvalue weighted by molar-refractivity contribution is 7.81. The predicted molar refractivity (Wildman–Crippen MR) is 158 cm³/mol. The first-order valence-electron chi connectivity index (χ1n) is 11.2. The fraction of sp³-hybridized carbons (Fsp3) is 0.391. The summed E-state index contributed by atoms with van der Waals surface area (Å²) in [6, 6.07) is 10.2. The van der Waals surface area contributed by atoms with Gasteiger partial charge in [0.25, 0.3) is 15.0 Å². The topological polar surface area (TPSA) is 120 Å². The van der Waals surface area contributed by atoms with Crippen LogP contribution in [0.2, 0.25) is 0 Å². The first-order chi connectivity index (χ1) is 18.4. The first kappa shape index (κ1) is 32.9. The summed E-state index contributed by atoms with van der Waals surface area (Å²) in [6.07, 6.45) is 0. The minimum absolute atomic E-state index is 0.228.